The molecule has 1 aromatic rings. The third-order valence-corrected chi connectivity index (χ3v) is 3.15. The van der Waals surface area contributed by atoms with Gasteiger partial charge in [0.2, 0.25) is 0 Å². The first-order valence-electron chi connectivity index (χ1n) is 6.34. The summed E-state index contributed by atoms with van der Waals surface area (Å²) in [5, 5.41) is 13.9. The molecule has 0 radical (unpaired) electrons. The highest BCUT2D eigenvalue weighted by Gasteiger charge is 2.10. The molecule has 2 atom stereocenters. The van der Waals surface area contributed by atoms with Gasteiger partial charge in [0.05, 0.1) is 6.10 Å². The van der Waals surface area contributed by atoms with E-state index in [4.69, 9.17) is 11.6 Å². The first-order valence-corrected chi connectivity index (χ1v) is 6.72. The third kappa shape index (κ3) is 5.07. The molecule has 1 rings (SSSR count). The van der Waals surface area contributed by atoms with Gasteiger partial charge in [-0.1, -0.05) is 44.0 Å². The molecule has 2 nitrogen and oxygen atoms in total. The van der Waals surface area contributed by atoms with Crippen molar-refractivity contribution in [3.05, 3.63) is 34.9 Å². The Labute approximate surface area is 109 Å². The van der Waals surface area contributed by atoms with Crippen LogP contribution in [0.4, 0.5) is 0 Å². The average Bonchev–Trinajstić information content (AvgIpc) is 2.32. The van der Waals surface area contributed by atoms with Crippen LogP contribution in [0.2, 0.25) is 5.02 Å². The van der Waals surface area contributed by atoms with E-state index in [-0.39, 0.29) is 6.10 Å². The second kappa shape index (κ2) is 7.70. The van der Waals surface area contributed by atoms with Crippen LogP contribution in [0.1, 0.15) is 44.7 Å². The Bertz CT molecular complexity index is 313. The maximum Gasteiger partial charge on any atom is 0.0664 e. The predicted molar refractivity (Wildman–Crippen MR) is 73.4 cm³/mol. The van der Waals surface area contributed by atoms with E-state index in [0.29, 0.717) is 12.6 Å². The molecule has 0 aliphatic heterocycles. The molecule has 0 fully saturated rings. The van der Waals surface area contributed by atoms with E-state index in [1.165, 1.54) is 5.56 Å². The smallest absolute Gasteiger partial charge is 0.0664 e. The summed E-state index contributed by atoms with van der Waals surface area (Å²) in [6, 6.07) is 8.18. The minimum absolute atomic E-state index is 0.249. The Morgan fingerprint density at radius 3 is 2.41 bits per heavy atom. The molecule has 0 saturated carbocycles. The summed E-state index contributed by atoms with van der Waals surface area (Å²) >= 11 is 5.87. The maximum absolute atomic E-state index is 9.70. The maximum atomic E-state index is 9.70. The van der Waals surface area contributed by atoms with Gasteiger partial charge in [0.25, 0.3) is 0 Å². The molecule has 3 heteroatoms. The first-order chi connectivity index (χ1) is 8.17. The first kappa shape index (κ1) is 14.5. The van der Waals surface area contributed by atoms with Gasteiger partial charge in [-0.2, -0.15) is 0 Å². The van der Waals surface area contributed by atoms with Crippen molar-refractivity contribution >= 4 is 11.6 Å². The minimum Gasteiger partial charge on any atom is -0.392 e. The van der Waals surface area contributed by atoms with Crippen LogP contribution in [0.5, 0.6) is 0 Å². The van der Waals surface area contributed by atoms with Gasteiger partial charge in [-0.15, -0.1) is 0 Å². The fourth-order valence-electron chi connectivity index (χ4n) is 1.91. The number of aliphatic hydroxyl groups is 1. The Balaban J connectivity index is 2.51. The molecule has 0 aliphatic carbocycles. The van der Waals surface area contributed by atoms with Crippen molar-refractivity contribution in [2.75, 3.05) is 6.54 Å². The number of aliphatic hydroxyl groups excluding tert-OH is 1. The highest BCUT2D eigenvalue weighted by molar-refractivity contribution is 6.30. The van der Waals surface area contributed by atoms with Crippen LogP contribution >= 0.6 is 11.6 Å². The number of benzene rings is 1. The number of rotatable bonds is 7. The number of hydrogen-bond donors (Lipinski definition) is 2. The fourth-order valence-corrected chi connectivity index (χ4v) is 2.03. The molecular weight excluding hydrogens is 234 g/mol. The molecule has 2 N–H and O–H groups in total. The van der Waals surface area contributed by atoms with E-state index < -0.39 is 0 Å². The monoisotopic (exact) mass is 255 g/mol. The second-order valence-corrected chi connectivity index (χ2v) is 4.80. The summed E-state index contributed by atoms with van der Waals surface area (Å²) in [6.45, 7) is 4.87. The molecule has 0 amide bonds. The summed E-state index contributed by atoms with van der Waals surface area (Å²) in [6.07, 6.45) is 2.62. The van der Waals surface area contributed by atoms with Gasteiger partial charge < -0.3 is 10.4 Å². The fraction of sp³-hybridized carbons (Fsp3) is 0.571. The van der Waals surface area contributed by atoms with Crippen molar-refractivity contribution in [3.8, 4) is 0 Å². The summed E-state index contributed by atoms with van der Waals surface area (Å²) in [4.78, 5) is 0. The van der Waals surface area contributed by atoms with Gasteiger partial charge >= 0.3 is 0 Å². The molecule has 1 aromatic carbocycles. The van der Waals surface area contributed by atoms with Crippen molar-refractivity contribution in [3.63, 3.8) is 0 Å². The van der Waals surface area contributed by atoms with Crippen LogP contribution in [-0.4, -0.2) is 17.8 Å². The van der Waals surface area contributed by atoms with E-state index in [2.05, 4.69) is 19.2 Å². The molecular formula is C14H22ClNO. The average molecular weight is 256 g/mol. The zero-order valence-corrected chi connectivity index (χ0v) is 11.4. The Morgan fingerprint density at radius 1 is 1.24 bits per heavy atom. The molecule has 0 bridgehead atoms. The Morgan fingerprint density at radius 2 is 1.88 bits per heavy atom. The molecule has 2 unspecified atom stereocenters. The third-order valence-electron chi connectivity index (χ3n) is 2.90. The Hall–Kier alpha value is -0.570. The quantitative estimate of drug-likeness (QED) is 0.781. The highest BCUT2D eigenvalue weighted by atomic mass is 35.5. The molecule has 0 aliphatic rings. The molecule has 0 saturated heterocycles. The van der Waals surface area contributed by atoms with Crippen molar-refractivity contribution < 1.29 is 5.11 Å². The minimum atomic E-state index is -0.249. The molecule has 0 aromatic heterocycles. The van der Waals surface area contributed by atoms with Crippen LogP contribution in [-0.2, 0) is 0 Å². The van der Waals surface area contributed by atoms with Gasteiger partial charge in [-0.3, -0.25) is 0 Å². The van der Waals surface area contributed by atoms with Crippen LogP contribution < -0.4 is 5.32 Å². The van der Waals surface area contributed by atoms with Crippen LogP contribution in [0, 0.1) is 0 Å². The van der Waals surface area contributed by atoms with Crippen molar-refractivity contribution in [1.29, 1.82) is 0 Å². The van der Waals surface area contributed by atoms with Crippen molar-refractivity contribution in [2.45, 2.75) is 45.3 Å². The topological polar surface area (TPSA) is 32.3 Å². The summed E-state index contributed by atoms with van der Waals surface area (Å²) < 4.78 is 0. The lowest BCUT2D eigenvalue weighted by molar-refractivity contribution is 0.156. The Kier molecular flexibility index (Phi) is 6.56. The highest BCUT2D eigenvalue weighted by Crippen LogP contribution is 2.19. The molecule has 0 heterocycles. The number of halogens is 1. The van der Waals surface area contributed by atoms with Gasteiger partial charge in [0, 0.05) is 17.6 Å². The van der Waals surface area contributed by atoms with Crippen molar-refractivity contribution in [2.24, 2.45) is 0 Å². The van der Waals surface area contributed by atoms with E-state index in [1.807, 2.05) is 24.3 Å². The summed E-state index contributed by atoms with van der Waals surface area (Å²) in [5.74, 6) is 0. The SMILES string of the molecule is CCCC(O)CNC(CC)c1ccc(Cl)cc1. The normalized spacial score (nSPS) is 14.6. The van der Waals surface area contributed by atoms with Gasteiger partial charge in [-0.05, 0) is 30.5 Å². The zero-order chi connectivity index (χ0) is 12.7. The van der Waals surface area contributed by atoms with E-state index >= 15 is 0 Å². The second-order valence-electron chi connectivity index (χ2n) is 4.36. The molecule has 0 spiro atoms. The summed E-state index contributed by atoms with van der Waals surface area (Å²) in [5.41, 5.74) is 1.22. The lowest BCUT2D eigenvalue weighted by atomic mass is 10.0. The van der Waals surface area contributed by atoms with Crippen LogP contribution in [0.25, 0.3) is 0 Å². The summed E-state index contributed by atoms with van der Waals surface area (Å²) in [7, 11) is 0. The van der Waals surface area contributed by atoms with Gasteiger partial charge in [-0.25, -0.2) is 0 Å². The van der Waals surface area contributed by atoms with Crippen molar-refractivity contribution in [1.82, 2.24) is 5.32 Å². The molecule has 17 heavy (non-hydrogen) atoms. The molecule has 96 valence electrons. The van der Waals surface area contributed by atoms with Gasteiger partial charge in [0.1, 0.15) is 0 Å². The van der Waals surface area contributed by atoms with E-state index in [1.54, 1.807) is 0 Å². The van der Waals surface area contributed by atoms with Crippen LogP contribution in [0.15, 0.2) is 24.3 Å². The lowest BCUT2D eigenvalue weighted by Gasteiger charge is -2.19. The predicted octanol–water partition coefficient (Wildman–Crippen LogP) is 3.54. The lowest BCUT2D eigenvalue weighted by Crippen LogP contribution is -2.30. The standard InChI is InChI=1S/C14H22ClNO/c1-3-5-13(17)10-16-14(4-2)11-6-8-12(15)9-7-11/h6-9,13-14,16-17H,3-5,10H2,1-2H3. The van der Waals surface area contributed by atoms with E-state index in [9.17, 15) is 5.11 Å². The van der Waals surface area contributed by atoms with Crippen LogP contribution in [0.3, 0.4) is 0 Å². The number of hydrogen-bond acceptors (Lipinski definition) is 2. The van der Waals surface area contributed by atoms with E-state index in [0.717, 1.165) is 24.3 Å². The van der Waals surface area contributed by atoms with Gasteiger partial charge in [0.15, 0.2) is 0 Å². The zero-order valence-electron chi connectivity index (χ0n) is 10.6. The largest absolute Gasteiger partial charge is 0.392 e. The number of nitrogens with one attached hydrogen (secondary N) is 1.